The molecular formula is C14H15F3N2O. The van der Waals surface area contributed by atoms with Crippen molar-refractivity contribution >= 4 is 0 Å². The number of halogens is 3. The molecule has 0 aliphatic carbocycles. The number of benzene rings is 1. The van der Waals surface area contributed by atoms with Crippen molar-refractivity contribution in [1.82, 2.24) is 9.78 Å². The second-order valence-electron chi connectivity index (χ2n) is 4.40. The Hall–Kier alpha value is -1.98. The van der Waals surface area contributed by atoms with Crippen molar-refractivity contribution in [3.05, 3.63) is 35.7 Å². The fourth-order valence-electron chi connectivity index (χ4n) is 2.18. The quantitative estimate of drug-likeness (QED) is 0.854. The maximum absolute atomic E-state index is 13.2. The number of ether oxygens (including phenoxy) is 1. The minimum Gasteiger partial charge on any atom is -0.496 e. The van der Waals surface area contributed by atoms with Crippen LogP contribution in [0.15, 0.2) is 24.4 Å². The molecule has 0 amide bonds. The molecule has 0 saturated heterocycles. The maximum atomic E-state index is 13.2. The number of aromatic nitrogens is 2. The topological polar surface area (TPSA) is 27.1 Å². The Morgan fingerprint density at radius 1 is 1.30 bits per heavy atom. The Morgan fingerprint density at radius 3 is 2.50 bits per heavy atom. The molecule has 0 unspecified atom stereocenters. The monoisotopic (exact) mass is 284 g/mol. The lowest BCUT2D eigenvalue weighted by molar-refractivity contribution is -0.143. The SMILES string of the molecule is CCn1ncc(-c2ccc(OC)c(C)c2)c1C(F)(F)F. The van der Waals surface area contributed by atoms with Crippen molar-refractivity contribution in [2.45, 2.75) is 26.6 Å². The lowest BCUT2D eigenvalue weighted by Crippen LogP contribution is -2.15. The summed E-state index contributed by atoms with van der Waals surface area (Å²) >= 11 is 0. The molecule has 0 atom stereocenters. The molecule has 108 valence electrons. The van der Waals surface area contributed by atoms with Crippen LogP contribution in [0, 0.1) is 6.92 Å². The van der Waals surface area contributed by atoms with Gasteiger partial charge in [0.1, 0.15) is 11.4 Å². The molecule has 0 saturated carbocycles. The molecule has 0 aliphatic rings. The van der Waals surface area contributed by atoms with Crippen LogP contribution in [0.2, 0.25) is 0 Å². The summed E-state index contributed by atoms with van der Waals surface area (Å²) in [5, 5.41) is 3.82. The summed E-state index contributed by atoms with van der Waals surface area (Å²) in [6, 6.07) is 4.94. The van der Waals surface area contributed by atoms with E-state index in [2.05, 4.69) is 5.10 Å². The Kier molecular flexibility index (Phi) is 3.74. The predicted molar refractivity (Wildman–Crippen MR) is 69.6 cm³/mol. The maximum Gasteiger partial charge on any atom is 0.433 e. The van der Waals surface area contributed by atoms with E-state index in [1.807, 2.05) is 0 Å². The molecule has 1 aromatic heterocycles. The lowest BCUT2D eigenvalue weighted by atomic mass is 10.0. The second kappa shape index (κ2) is 5.19. The molecule has 2 rings (SSSR count). The highest BCUT2D eigenvalue weighted by Gasteiger charge is 2.38. The number of nitrogens with zero attached hydrogens (tertiary/aromatic N) is 2. The van der Waals surface area contributed by atoms with Crippen molar-refractivity contribution in [3.8, 4) is 16.9 Å². The van der Waals surface area contributed by atoms with E-state index in [1.165, 1.54) is 13.3 Å². The van der Waals surface area contributed by atoms with Crippen LogP contribution in [0.5, 0.6) is 5.75 Å². The van der Waals surface area contributed by atoms with Crippen molar-refractivity contribution in [2.75, 3.05) is 7.11 Å². The largest absolute Gasteiger partial charge is 0.496 e. The van der Waals surface area contributed by atoms with Crippen LogP contribution in [-0.4, -0.2) is 16.9 Å². The molecule has 3 nitrogen and oxygen atoms in total. The number of rotatable bonds is 3. The van der Waals surface area contributed by atoms with E-state index in [-0.39, 0.29) is 12.1 Å². The van der Waals surface area contributed by atoms with Crippen LogP contribution in [0.1, 0.15) is 18.2 Å². The summed E-state index contributed by atoms with van der Waals surface area (Å²) in [5.41, 5.74) is 0.632. The van der Waals surface area contributed by atoms with E-state index >= 15 is 0 Å². The van der Waals surface area contributed by atoms with Gasteiger partial charge in [-0.05, 0) is 37.1 Å². The summed E-state index contributed by atoms with van der Waals surface area (Å²) in [5.74, 6) is 0.644. The van der Waals surface area contributed by atoms with Gasteiger partial charge in [-0.15, -0.1) is 0 Å². The van der Waals surface area contributed by atoms with Gasteiger partial charge in [-0.1, -0.05) is 6.07 Å². The van der Waals surface area contributed by atoms with E-state index in [9.17, 15) is 13.2 Å². The third kappa shape index (κ3) is 2.50. The molecule has 6 heteroatoms. The first kappa shape index (κ1) is 14.4. The summed E-state index contributed by atoms with van der Waals surface area (Å²) in [7, 11) is 1.53. The van der Waals surface area contributed by atoms with Gasteiger partial charge in [0, 0.05) is 12.1 Å². The highest BCUT2D eigenvalue weighted by molar-refractivity contribution is 5.68. The molecule has 0 N–H and O–H groups in total. The molecule has 0 fully saturated rings. The normalized spacial score (nSPS) is 11.7. The van der Waals surface area contributed by atoms with Crippen LogP contribution in [0.3, 0.4) is 0 Å². The van der Waals surface area contributed by atoms with Gasteiger partial charge >= 0.3 is 6.18 Å². The van der Waals surface area contributed by atoms with E-state index in [4.69, 9.17) is 4.74 Å². The summed E-state index contributed by atoms with van der Waals surface area (Å²) in [4.78, 5) is 0. The number of alkyl halides is 3. The van der Waals surface area contributed by atoms with Gasteiger partial charge in [-0.2, -0.15) is 18.3 Å². The second-order valence-corrected chi connectivity index (χ2v) is 4.40. The van der Waals surface area contributed by atoms with Crippen LogP contribution in [-0.2, 0) is 12.7 Å². The Labute approximate surface area is 115 Å². The van der Waals surface area contributed by atoms with Crippen LogP contribution in [0.4, 0.5) is 13.2 Å². The van der Waals surface area contributed by atoms with Crippen LogP contribution in [0.25, 0.3) is 11.1 Å². The van der Waals surface area contributed by atoms with Gasteiger partial charge in [0.05, 0.1) is 13.3 Å². The van der Waals surface area contributed by atoms with Gasteiger partial charge in [0.2, 0.25) is 0 Å². The Bertz CT molecular complexity index is 617. The van der Waals surface area contributed by atoms with E-state index < -0.39 is 11.9 Å². The van der Waals surface area contributed by atoms with Gasteiger partial charge in [0.15, 0.2) is 0 Å². The van der Waals surface area contributed by atoms with Crippen molar-refractivity contribution < 1.29 is 17.9 Å². The first-order valence-corrected chi connectivity index (χ1v) is 6.16. The minimum atomic E-state index is -4.43. The predicted octanol–water partition coefficient (Wildman–Crippen LogP) is 3.91. The van der Waals surface area contributed by atoms with Gasteiger partial charge < -0.3 is 4.74 Å². The fraction of sp³-hybridized carbons (Fsp3) is 0.357. The zero-order valence-corrected chi connectivity index (χ0v) is 11.5. The van der Waals surface area contributed by atoms with Crippen LogP contribution < -0.4 is 4.74 Å². The van der Waals surface area contributed by atoms with Crippen LogP contribution >= 0.6 is 0 Å². The third-order valence-electron chi connectivity index (χ3n) is 3.11. The Balaban J connectivity index is 2.59. The van der Waals surface area contributed by atoms with Crippen molar-refractivity contribution in [3.63, 3.8) is 0 Å². The summed E-state index contributed by atoms with van der Waals surface area (Å²) in [6.07, 6.45) is -3.18. The number of hydrogen-bond acceptors (Lipinski definition) is 2. The Morgan fingerprint density at radius 2 is 2.00 bits per heavy atom. The van der Waals surface area contributed by atoms with Gasteiger partial charge in [-0.25, -0.2) is 0 Å². The number of aryl methyl sites for hydroxylation is 2. The molecule has 0 radical (unpaired) electrons. The molecule has 0 spiro atoms. The average Bonchev–Trinajstić information content (AvgIpc) is 2.82. The fourth-order valence-corrected chi connectivity index (χ4v) is 2.18. The van der Waals surface area contributed by atoms with Crippen molar-refractivity contribution in [2.24, 2.45) is 0 Å². The molecule has 2 aromatic rings. The van der Waals surface area contributed by atoms with Crippen molar-refractivity contribution in [1.29, 1.82) is 0 Å². The minimum absolute atomic E-state index is 0.0881. The highest BCUT2D eigenvalue weighted by atomic mass is 19.4. The molecule has 0 aliphatic heterocycles. The molecular weight excluding hydrogens is 269 g/mol. The highest BCUT2D eigenvalue weighted by Crippen LogP contribution is 2.38. The first-order valence-electron chi connectivity index (χ1n) is 6.16. The smallest absolute Gasteiger partial charge is 0.433 e. The summed E-state index contributed by atoms with van der Waals surface area (Å²) in [6.45, 7) is 3.59. The molecule has 1 heterocycles. The van der Waals surface area contributed by atoms with E-state index in [0.717, 1.165) is 10.2 Å². The van der Waals surface area contributed by atoms with E-state index in [1.54, 1.807) is 32.0 Å². The standard InChI is InChI=1S/C14H15F3N2O/c1-4-19-13(14(15,16)17)11(8-18-19)10-5-6-12(20-3)9(2)7-10/h5-8H,4H2,1-3H3. The molecule has 20 heavy (non-hydrogen) atoms. The lowest BCUT2D eigenvalue weighted by Gasteiger charge is -2.12. The van der Waals surface area contributed by atoms with E-state index in [0.29, 0.717) is 11.3 Å². The van der Waals surface area contributed by atoms with Gasteiger partial charge in [0.25, 0.3) is 0 Å². The van der Waals surface area contributed by atoms with Gasteiger partial charge in [-0.3, -0.25) is 4.68 Å². The molecule has 0 bridgehead atoms. The number of hydrogen-bond donors (Lipinski definition) is 0. The first-order chi connectivity index (χ1) is 9.38. The summed E-state index contributed by atoms with van der Waals surface area (Å²) < 4.78 is 45.6. The zero-order valence-electron chi connectivity index (χ0n) is 11.5. The zero-order chi connectivity index (χ0) is 14.9. The average molecular weight is 284 g/mol. The number of methoxy groups -OCH3 is 1. The molecule has 1 aromatic carbocycles. The third-order valence-corrected chi connectivity index (χ3v) is 3.11.